The molecule has 0 aliphatic heterocycles. The molecule has 1 amide bonds. The van der Waals surface area contributed by atoms with Crippen molar-refractivity contribution in [2.24, 2.45) is 0 Å². The van der Waals surface area contributed by atoms with Gasteiger partial charge in [-0.25, -0.2) is 4.98 Å². The molecule has 0 bridgehead atoms. The van der Waals surface area contributed by atoms with Gasteiger partial charge in [0.1, 0.15) is 30.5 Å². The summed E-state index contributed by atoms with van der Waals surface area (Å²) in [5, 5.41) is 3.90. The molecule has 164 valence electrons. The lowest BCUT2D eigenvalue weighted by atomic mass is 10.2. The quantitative estimate of drug-likeness (QED) is 0.382. The van der Waals surface area contributed by atoms with Gasteiger partial charge in [0.15, 0.2) is 0 Å². The second kappa shape index (κ2) is 9.94. The molecule has 1 aromatic heterocycles. The highest BCUT2D eigenvalue weighted by molar-refractivity contribution is 6.35. The number of nitrogens with one attached hydrogen (secondary N) is 1. The van der Waals surface area contributed by atoms with E-state index in [2.05, 4.69) is 10.3 Å². The first-order valence-electron chi connectivity index (χ1n) is 9.95. The Kier molecular flexibility index (Phi) is 6.83. The third-order valence-electron chi connectivity index (χ3n) is 4.93. The number of para-hydroxylation sites is 2. The van der Waals surface area contributed by atoms with E-state index in [1.807, 2.05) is 53.1 Å². The topological polar surface area (TPSA) is 65.4 Å². The van der Waals surface area contributed by atoms with Gasteiger partial charge < -0.3 is 19.4 Å². The lowest BCUT2D eigenvalue weighted by Gasteiger charge is -2.12. The molecule has 0 saturated heterocycles. The van der Waals surface area contributed by atoms with Crippen LogP contribution in [0.25, 0.3) is 11.0 Å². The molecule has 0 atom stereocenters. The van der Waals surface area contributed by atoms with Crippen molar-refractivity contribution >= 4 is 40.1 Å². The van der Waals surface area contributed by atoms with E-state index in [1.165, 1.54) is 0 Å². The predicted molar refractivity (Wildman–Crippen MR) is 125 cm³/mol. The Bertz CT molecular complexity index is 1240. The van der Waals surface area contributed by atoms with Crippen LogP contribution in [0.1, 0.15) is 11.4 Å². The van der Waals surface area contributed by atoms with E-state index in [0.717, 1.165) is 22.3 Å². The first kappa shape index (κ1) is 22.0. The van der Waals surface area contributed by atoms with Crippen molar-refractivity contribution in [1.29, 1.82) is 0 Å². The molecule has 1 N–H and O–H groups in total. The van der Waals surface area contributed by atoms with Crippen LogP contribution in [0.4, 0.5) is 0 Å². The number of nitrogens with zero attached hydrogens (tertiary/aromatic N) is 2. The fourth-order valence-electron chi connectivity index (χ4n) is 3.29. The molecule has 4 aromatic rings. The summed E-state index contributed by atoms with van der Waals surface area (Å²) in [6, 6.07) is 20.2. The van der Waals surface area contributed by atoms with Crippen molar-refractivity contribution in [2.45, 2.75) is 19.7 Å². The van der Waals surface area contributed by atoms with E-state index < -0.39 is 0 Å². The van der Waals surface area contributed by atoms with E-state index in [1.54, 1.807) is 25.3 Å². The summed E-state index contributed by atoms with van der Waals surface area (Å²) >= 11 is 12.2. The number of amides is 1. The van der Waals surface area contributed by atoms with E-state index >= 15 is 0 Å². The Balaban J connectivity index is 1.48. The van der Waals surface area contributed by atoms with E-state index in [9.17, 15) is 4.79 Å². The minimum Gasteiger partial charge on any atom is -0.497 e. The lowest BCUT2D eigenvalue weighted by molar-refractivity contribution is -0.121. The van der Waals surface area contributed by atoms with Crippen LogP contribution in [0.15, 0.2) is 66.7 Å². The maximum atomic E-state index is 12.7. The molecule has 0 saturated carbocycles. The highest BCUT2D eigenvalue weighted by atomic mass is 35.5. The average Bonchev–Trinajstić information content (AvgIpc) is 3.14. The monoisotopic (exact) mass is 469 g/mol. The van der Waals surface area contributed by atoms with Gasteiger partial charge in [-0.05, 0) is 48.0 Å². The highest BCUT2D eigenvalue weighted by Crippen LogP contribution is 2.28. The molecule has 3 aromatic carbocycles. The number of halogens is 2. The molecule has 0 aliphatic rings. The van der Waals surface area contributed by atoms with Gasteiger partial charge in [0.05, 0.1) is 23.2 Å². The summed E-state index contributed by atoms with van der Waals surface area (Å²) in [6.45, 7) is 0.688. The predicted octanol–water partition coefficient (Wildman–Crippen LogP) is 5.25. The zero-order valence-corrected chi connectivity index (χ0v) is 18.9. The number of methoxy groups -OCH3 is 1. The van der Waals surface area contributed by atoms with Gasteiger partial charge in [0.25, 0.3) is 0 Å². The molecule has 0 unspecified atom stereocenters. The molecular weight excluding hydrogens is 449 g/mol. The second-order valence-electron chi connectivity index (χ2n) is 7.09. The fourth-order valence-corrected chi connectivity index (χ4v) is 3.75. The number of fused-ring (bicyclic) bond motifs is 1. The first-order chi connectivity index (χ1) is 15.5. The summed E-state index contributed by atoms with van der Waals surface area (Å²) < 4.78 is 12.9. The number of hydrogen-bond acceptors (Lipinski definition) is 4. The van der Waals surface area contributed by atoms with Gasteiger partial charge >= 0.3 is 0 Å². The Hall–Kier alpha value is -3.22. The standard InChI is InChI=1S/C24H21Cl2N3O3/c1-31-18-9-6-16(7-10-18)13-27-24(30)14-29-21-5-3-2-4-20(21)28-23(29)15-32-22-11-8-17(25)12-19(22)26/h2-12H,13-15H2,1H3,(H,27,30). The summed E-state index contributed by atoms with van der Waals surface area (Å²) in [5.41, 5.74) is 2.62. The van der Waals surface area contributed by atoms with E-state index in [0.29, 0.717) is 28.2 Å². The molecule has 0 radical (unpaired) electrons. The molecule has 0 aliphatic carbocycles. The summed E-state index contributed by atoms with van der Waals surface area (Å²) in [5.74, 6) is 1.76. The smallest absolute Gasteiger partial charge is 0.240 e. The average molecular weight is 470 g/mol. The second-order valence-corrected chi connectivity index (χ2v) is 7.93. The van der Waals surface area contributed by atoms with Crippen LogP contribution in [0.5, 0.6) is 11.5 Å². The van der Waals surface area contributed by atoms with Gasteiger partial charge in [0, 0.05) is 11.6 Å². The Morgan fingerprint density at radius 3 is 2.59 bits per heavy atom. The van der Waals surface area contributed by atoms with Crippen molar-refractivity contribution in [2.75, 3.05) is 7.11 Å². The van der Waals surface area contributed by atoms with Crippen molar-refractivity contribution in [3.8, 4) is 11.5 Å². The summed E-state index contributed by atoms with van der Waals surface area (Å²) in [4.78, 5) is 17.3. The zero-order chi connectivity index (χ0) is 22.5. The molecule has 1 heterocycles. The van der Waals surface area contributed by atoms with Crippen molar-refractivity contribution in [1.82, 2.24) is 14.9 Å². The Labute approximate surface area is 195 Å². The Morgan fingerprint density at radius 2 is 1.84 bits per heavy atom. The van der Waals surface area contributed by atoms with Gasteiger partial charge in [0.2, 0.25) is 5.91 Å². The fraction of sp³-hybridized carbons (Fsp3) is 0.167. The van der Waals surface area contributed by atoms with Crippen molar-refractivity contribution in [3.63, 3.8) is 0 Å². The minimum atomic E-state index is -0.130. The normalized spacial score (nSPS) is 10.8. The number of benzene rings is 3. The van der Waals surface area contributed by atoms with Gasteiger partial charge in [-0.3, -0.25) is 4.79 Å². The van der Waals surface area contributed by atoms with Gasteiger partial charge in [-0.2, -0.15) is 0 Å². The maximum absolute atomic E-state index is 12.7. The summed E-state index contributed by atoms with van der Waals surface area (Å²) in [7, 11) is 1.62. The SMILES string of the molecule is COc1ccc(CNC(=O)Cn2c(COc3ccc(Cl)cc3Cl)nc3ccccc32)cc1. The number of imidazole rings is 1. The number of aromatic nitrogens is 2. The maximum Gasteiger partial charge on any atom is 0.240 e. The largest absolute Gasteiger partial charge is 0.497 e. The molecule has 0 fully saturated rings. The van der Waals surface area contributed by atoms with Crippen LogP contribution >= 0.6 is 23.2 Å². The first-order valence-corrected chi connectivity index (χ1v) is 10.7. The number of carbonyl (C=O) groups excluding carboxylic acids is 1. The van der Waals surface area contributed by atoms with Gasteiger partial charge in [-0.15, -0.1) is 0 Å². The molecule has 6 nitrogen and oxygen atoms in total. The molecule has 4 rings (SSSR count). The van der Waals surface area contributed by atoms with Crippen LogP contribution < -0.4 is 14.8 Å². The molecule has 32 heavy (non-hydrogen) atoms. The van der Waals surface area contributed by atoms with Crippen LogP contribution in [-0.2, 0) is 24.5 Å². The summed E-state index contributed by atoms with van der Waals surface area (Å²) in [6.07, 6.45) is 0. The van der Waals surface area contributed by atoms with Crippen LogP contribution in [0.3, 0.4) is 0 Å². The lowest BCUT2D eigenvalue weighted by Crippen LogP contribution is -2.28. The number of rotatable bonds is 8. The molecule has 8 heteroatoms. The van der Waals surface area contributed by atoms with E-state index in [-0.39, 0.29) is 19.1 Å². The highest BCUT2D eigenvalue weighted by Gasteiger charge is 2.15. The molecular formula is C24H21Cl2N3O3. The molecule has 0 spiro atoms. The van der Waals surface area contributed by atoms with Crippen LogP contribution in [0.2, 0.25) is 10.0 Å². The number of carbonyl (C=O) groups is 1. The third-order valence-corrected chi connectivity index (χ3v) is 5.47. The number of hydrogen-bond donors (Lipinski definition) is 1. The third kappa shape index (κ3) is 5.15. The minimum absolute atomic E-state index is 0.115. The zero-order valence-electron chi connectivity index (χ0n) is 17.3. The van der Waals surface area contributed by atoms with Crippen molar-refractivity contribution in [3.05, 3.63) is 88.2 Å². The van der Waals surface area contributed by atoms with Gasteiger partial charge in [-0.1, -0.05) is 47.5 Å². The van der Waals surface area contributed by atoms with Crippen molar-refractivity contribution < 1.29 is 14.3 Å². The number of ether oxygens (including phenoxy) is 2. The Morgan fingerprint density at radius 1 is 1.06 bits per heavy atom. The van der Waals surface area contributed by atoms with Crippen LogP contribution in [0, 0.1) is 0 Å². The van der Waals surface area contributed by atoms with Crippen LogP contribution in [-0.4, -0.2) is 22.6 Å². The van der Waals surface area contributed by atoms with E-state index in [4.69, 9.17) is 32.7 Å².